The molecular formula is C28H28FN9O. The Balaban J connectivity index is 1.21. The summed E-state index contributed by atoms with van der Waals surface area (Å²) >= 11 is 0. The van der Waals surface area contributed by atoms with Crippen molar-refractivity contribution in [1.82, 2.24) is 45.2 Å². The van der Waals surface area contributed by atoms with Crippen molar-refractivity contribution in [2.75, 3.05) is 0 Å². The lowest BCUT2D eigenvalue weighted by molar-refractivity contribution is 0.0946. The minimum absolute atomic E-state index is 0.275. The van der Waals surface area contributed by atoms with Crippen LogP contribution in [0.25, 0.3) is 17.2 Å². The third-order valence-corrected chi connectivity index (χ3v) is 6.15. The molecule has 0 aliphatic heterocycles. The summed E-state index contributed by atoms with van der Waals surface area (Å²) in [5.41, 5.74) is 6.55. The predicted molar refractivity (Wildman–Crippen MR) is 143 cm³/mol. The van der Waals surface area contributed by atoms with Gasteiger partial charge in [-0.15, -0.1) is 0 Å². The zero-order chi connectivity index (χ0) is 27.5. The first kappa shape index (κ1) is 25.8. The van der Waals surface area contributed by atoms with Crippen molar-refractivity contribution in [2.24, 2.45) is 0 Å². The van der Waals surface area contributed by atoms with Gasteiger partial charge in [-0.3, -0.25) is 14.9 Å². The molecule has 0 fully saturated rings. The van der Waals surface area contributed by atoms with Gasteiger partial charge in [-0.25, -0.2) is 24.0 Å². The van der Waals surface area contributed by atoms with Gasteiger partial charge in [-0.1, -0.05) is 6.07 Å². The van der Waals surface area contributed by atoms with Gasteiger partial charge in [0.05, 0.1) is 17.1 Å². The standard InChI is InChI=1S/C28H28FN9O/c1-16-9-22(11-23-10-17(2)35-36-23)34-27(33-16)21-6-7-25(30-14-21)28(39)32-13-20-5-8-26(31-12-20)38-15-24(18(3)29)19(4)37-38/h5-10,12,14-15,18H,11,13H2,1-4H3,(H,32,39)(H,35,36). The molecule has 10 nitrogen and oxygen atoms in total. The van der Waals surface area contributed by atoms with Crippen LogP contribution in [-0.4, -0.2) is 45.8 Å². The average molecular weight is 526 g/mol. The number of nitrogens with zero attached hydrogens (tertiary/aromatic N) is 7. The maximum absolute atomic E-state index is 13.7. The summed E-state index contributed by atoms with van der Waals surface area (Å²) in [5.74, 6) is 0.802. The minimum Gasteiger partial charge on any atom is -0.347 e. The van der Waals surface area contributed by atoms with Gasteiger partial charge in [0, 0.05) is 54.1 Å². The van der Waals surface area contributed by atoms with Crippen LogP contribution in [0.4, 0.5) is 4.39 Å². The Morgan fingerprint density at radius 1 is 1.05 bits per heavy atom. The van der Waals surface area contributed by atoms with Gasteiger partial charge in [-0.05, 0) is 63.6 Å². The molecule has 0 bridgehead atoms. The van der Waals surface area contributed by atoms with Crippen LogP contribution in [-0.2, 0) is 13.0 Å². The van der Waals surface area contributed by atoms with Crippen LogP contribution in [0.5, 0.6) is 0 Å². The number of rotatable bonds is 8. The monoisotopic (exact) mass is 525 g/mol. The number of hydrogen-bond donors (Lipinski definition) is 2. The second-order valence-corrected chi connectivity index (χ2v) is 9.41. The number of nitrogens with one attached hydrogen (secondary N) is 2. The second-order valence-electron chi connectivity index (χ2n) is 9.41. The summed E-state index contributed by atoms with van der Waals surface area (Å²) in [6.45, 7) is 7.39. The van der Waals surface area contributed by atoms with E-state index in [-0.39, 0.29) is 18.1 Å². The fourth-order valence-corrected chi connectivity index (χ4v) is 4.18. The van der Waals surface area contributed by atoms with Crippen molar-refractivity contribution < 1.29 is 9.18 Å². The van der Waals surface area contributed by atoms with Gasteiger partial charge in [-0.2, -0.15) is 10.2 Å². The Morgan fingerprint density at radius 3 is 2.54 bits per heavy atom. The highest BCUT2D eigenvalue weighted by Crippen LogP contribution is 2.21. The van der Waals surface area contributed by atoms with E-state index in [1.54, 1.807) is 48.4 Å². The number of aromatic nitrogens is 8. The lowest BCUT2D eigenvalue weighted by Gasteiger charge is -2.08. The Kier molecular flexibility index (Phi) is 7.22. The molecule has 0 aliphatic rings. The Hall–Kier alpha value is -4.80. The number of amides is 1. The van der Waals surface area contributed by atoms with Gasteiger partial charge in [0.2, 0.25) is 0 Å². The molecule has 0 aliphatic carbocycles. The van der Waals surface area contributed by atoms with Crippen LogP contribution in [0.1, 0.15) is 63.2 Å². The summed E-state index contributed by atoms with van der Waals surface area (Å²) in [5, 5.41) is 14.4. The third-order valence-electron chi connectivity index (χ3n) is 6.15. The average Bonchev–Trinajstić information content (AvgIpc) is 3.52. The molecule has 0 radical (unpaired) electrons. The Morgan fingerprint density at radius 2 is 1.90 bits per heavy atom. The number of pyridine rings is 2. The zero-order valence-electron chi connectivity index (χ0n) is 22.1. The van der Waals surface area contributed by atoms with Crippen LogP contribution in [0, 0.1) is 20.8 Å². The van der Waals surface area contributed by atoms with E-state index in [4.69, 9.17) is 0 Å². The number of carbonyl (C=O) groups is 1. The molecule has 5 heterocycles. The number of aromatic amines is 1. The van der Waals surface area contributed by atoms with Gasteiger partial charge in [0.15, 0.2) is 11.6 Å². The number of carbonyl (C=O) groups excluding carboxylic acids is 1. The molecule has 2 N–H and O–H groups in total. The smallest absolute Gasteiger partial charge is 0.270 e. The molecule has 5 aromatic rings. The molecule has 0 saturated carbocycles. The maximum atomic E-state index is 13.7. The van der Waals surface area contributed by atoms with Crippen molar-refractivity contribution in [3.05, 3.63) is 100 Å². The van der Waals surface area contributed by atoms with Gasteiger partial charge in [0.1, 0.15) is 11.9 Å². The molecule has 1 amide bonds. The van der Waals surface area contributed by atoms with Gasteiger partial charge >= 0.3 is 0 Å². The van der Waals surface area contributed by atoms with Crippen LogP contribution in [0.3, 0.4) is 0 Å². The first-order chi connectivity index (χ1) is 18.7. The van der Waals surface area contributed by atoms with E-state index in [0.717, 1.165) is 28.3 Å². The normalized spacial score (nSPS) is 11.9. The molecule has 11 heteroatoms. The number of hydrogen-bond acceptors (Lipinski definition) is 7. The van der Waals surface area contributed by atoms with Crippen molar-refractivity contribution in [1.29, 1.82) is 0 Å². The summed E-state index contributed by atoms with van der Waals surface area (Å²) in [7, 11) is 0. The SMILES string of the molecule is Cc1cc(Cc2cc(C)[nH]n2)nc(-c2ccc(C(=O)NCc3ccc(-n4cc(C(C)F)c(C)n4)nc3)nc2)n1. The third kappa shape index (κ3) is 6.03. The van der Waals surface area contributed by atoms with E-state index < -0.39 is 6.17 Å². The molecule has 198 valence electrons. The second kappa shape index (κ2) is 10.9. The predicted octanol–water partition coefficient (Wildman–Crippen LogP) is 4.32. The Bertz CT molecular complexity index is 1610. The quantitative estimate of drug-likeness (QED) is 0.309. The largest absolute Gasteiger partial charge is 0.347 e. The molecule has 1 atom stereocenters. The van der Waals surface area contributed by atoms with E-state index in [1.165, 1.54) is 6.92 Å². The molecule has 0 aromatic carbocycles. The number of aryl methyl sites for hydroxylation is 3. The van der Waals surface area contributed by atoms with Gasteiger partial charge in [0.25, 0.3) is 5.91 Å². The van der Waals surface area contributed by atoms with E-state index >= 15 is 0 Å². The molecule has 39 heavy (non-hydrogen) atoms. The lowest BCUT2D eigenvalue weighted by Crippen LogP contribution is -2.23. The Labute approximate surface area is 224 Å². The highest BCUT2D eigenvalue weighted by Gasteiger charge is 2.14. The zero-order valence-corrected chi connectivity index (χ0v) is 22.1. The molecule has 1 unspecified atom stereocenters. The van der Waals surface area contributed by atoms with Crippen LogP contribution < -0.4 is 5.32 Å². The van der Waals surface area contributed by atoms with Crippen molar-refractivity contribution >= 4 is 5.91 Å². The van der Waals surface area contributed by atoms with E-state index in [0.29, 0.717) is 34.9 Å². The molecule has 5 rings (SSSR count). The maximum Gasteiger partial charge on any atom is 0.270 e. The fraction of sp³-hybridized carbons (Fsp3) is 0.250. The first-order valence-corrected chi connectivity index (χ1v) is 12.5. The minimum atomic E-state index is -1.10. The van der Waals surface area contributed by atoms with E-state index in [2.05, 4.69) is 40.5 Å². The van der Waals surface area contributed by atoms with Gasteiger partial charge < -0.3 is 5.32 Å². The van der Waals surface area contributed by atoms with E-state index in [1.807, 2.05) is 32.0 Å². The molecule has 0 saturated heterocycles. The lowest BCUT2D eigenvalue weighted by atomic mass is 10.2. The molecular weight excluding hydrogens is 497 g/mol. The number of halogens is 1. The summed E-state index contributed by atoms with van der Waals surface area (Å²) in [6, 6.07) is 11.0. The molecule has 0 spiro atoms. The van der Waals surface area contributed by atoms with Crippen molar-refractivity contribution in [3.8, 4) is 17.2 Å². The first-order valence-electron chi connectivity index (χ1n) is 12.5. The summed E-state index contributed by atoms with van der Waals surface area (Å²) < 4.78 is 15.2. The summed E-state index contributed by atoms with van der Waals surface area (Å²) in [4.78, 5) is 30.6. The highest BCUT2D eigenvalue weighted by molar-refractivity contribution is 5.92. The van der Waals surface area contributed by atoms with Crippen LogP contribution in [0.2, 0.25) is 0 Å². The van der Waals surface area contributed by atoms with Crippen LogP contribution >= 0.6 is 0 Å². The van der Waals surface area contributed by atoms with E-state index in [9.17, 15) is 9.18 Å². The summed E-state index contributed by atoms with van der Waals surface area (Å²) in [6.07, 6.45) is 4.38. The molecule has 5 aromatic heterocycles. The number of H-pyrrole nitrogens is 1. The topological polar surface area (TPSA) is 127 Å². The fourth-order valence-electron chi connectivity index (χ4n) is 4.18. The van der Waals surface area contributed by atoms with Crippen LogP contribution in [0.15, 0.2) is 55.0 Å². The highest BCUT2D eigenvalue weighted by atomic mass is 19.1. The van der Waals surface area contributed by atoms with Crippen molar-refractivity contribution in [3.63, 3.8) is 0 Å². The van der Waals surface area contributed by atoms with Crippen molar-refractivity contribution in [2.45, 2.75) is 46.8 Å². The number of alkyl halides is 1.